The lowest BCUT2D eigenvalue weighted by atomic mass is 9.75. The average molecular weight is 237 g/mol. The van der Waals surface area contributed by atoms with Crippen LogP contribution in [0.2, 0.25) is 0 Å². The van der Waals surface area contributed by atoms with Gasteiger partial charge in [-0.05, 0) is 51.2 Å². The molecule has 98 valence electrons. The third kappa shape index (κ3) is 3.97. The van der Waals surface area contributed by atoms with Gasteiger partial charge in [0.15, 0.2) is 0 Å². The number of nitrogens with one attached hydrogen (secondary N) is 1. The first-order valence-corrected chi connectivity index (χ1v) is 6.63. The van der Waals surface area contributed by atoms with Crippen LogP contribution in [0.25, 0.3) is 0 Å². The maximum atomic E-state index is 9.16. The summed E-state index contributed by atoms with van der Waals surface area (Å²) in [4.78, 5) is 2.42. The molecular formula is C14H27N3. The first kappa shape index (κ1) is 14.5. The van der Waals surface area contributed by atoms with Crippen LogP contribution in [-0.4, -0.2) is 37.1 Å². The van der Waals surface area contributed by atoms with E-state index in [0.717, 1.165) is 25.6 Å². The molecule has 1 rings (SSSR count). The number of nitriles is 1. The van der Waals surface area contributed by atoms with Crippen molar-refractivity contribution in [2.45, 2.75) is 46.1 Å². The summed E-state index contributed by atoms with van der Waals surface area (Å²) >= 11 is 0. The molecule has 1 unspecified atom stereocenters. The average Bonchev–Trinajstić information content (AvgIpc) is 2.28. The highest BCUT2D eigenvalue weighted by atomic mass is 15.2. The molecule has 0 bridgehead atoms. The van der Waals surface area contributed by atoms with E-state index in [1.165, 1.54) is 12.8 Å². The van der Waals surface area contributed by atoms with E-state index in [9.17, 15) is 0 Å². The molecule has 0 radical (unpaired) electrons. The molecular weight excluding hydrogens is 210 g/mol. The normalized spacial score (nSPS) is 23.1. The third-order valence-corrected chi connectivity index (χ3v) is 4.15. The van der Waals surface area contributed by atoms with E-state index in [2.05, 4.69) is 37.1 Å². The van der Waals surface area contributed by atoms with E-state index < -0.39 is 5.54 Å². The van der Waals surface area contributed by atoms with Gasteiger partial charge in [-0.1, -0.05) is 20.8 Å². The summed E-state index contributed by atoms with van der Waals surface area (Å²) in [5, 5.41) is 12.3. The summed E-state index contributed by atoms with van der Waals surface area (Å²) in [6.45, 7) is 12.1. The molecule has 3 heteroatoms. The summed E-state index contributed by atoms with van der Waals surface area (Å²) in [7, 11) is 1.87. The molecule has 3 nitrogen and oxygen atoms in total. The second-order valence-corrected chi connectivity index (χ2v) is 6.61. The Morgan fingerprint density at radius 3 is 2.12 bits per heavy atom. The number of rotatable bonds is 3. The minimum Gasteiger partial charge on any atom is -0.302 e. The minimum atomic E-state index is -0.408. The lowest BCUT2D eigenvalue weighted by Crippen LogP contribution is -2.51. The SMILES string of the molecule is CNC(C)(C#N)CN1CCC(C(C)(C)C)CC1. The molecule has 0 spiro atoms. The Balaban J connectivity index is 2.46. The molecule has 1 fully saturated rings. The monoisotopic (exact) mass is 237 g/mol. The first-order chi connectivity index (χ1) is 7.80. The van der Waals surface area contributed by atoms with Crippen molar-refractivity contribution in [3.8, 4) is 6.07 Å². The summed E-state index contributed by atoms with van der Waals surface area (Å²) in [6, 6.07) is 2.36. The highest BCUT2D eigenvalue weighted by molar-refractivity contribution is 5.05. The predicted molar refractivity (Wildman–Crippen MR) is 71.7 cm³/mol. The summed E-state index contributed by atoms with van der Waals surface area (Å²) in [6.07, 6.45) is 2.52. The second-order valence-electron chi connectivity index (χ2n) is 6.61. The molecule has 17 heavy (non-hydrogen) atoms. The minimum absolute atomic E-state index is 0.408. The molecule has 1 aliphatic rings. The lowest BCUT2D eigenvalue weighted by molar-refractivity contribution is 0.100. The smallest absolute Gasteiger partial charge is 0.116 e. The quantitative estimate of drug-likeness (QED) is 0.818. The fourth-order valence-electron chi connectivity index (χ4n) is 2.57. The molecule has 1 saturated heterocycles. The van der Waals surface area contributed by atoms with Gasteiger partial charge in [-0.3, -0.25) is 0 Å². The largest absolute Gasteiger partial charge is 0.302 e. The summed E-state index contributed by atoms with van der Waals surface area (Å²) in [5.41, 5.74) is 0.0161. The molecule has 0 amide bonds. The lowest BCUT2D eigenvalue weighted by Gasteiger charge is -2.40. The van der Waals surface area contributed by atoms with Crippen molar-refractivity contribution < 1.29 is 0 Å². The molecule has 1 aliphatic heterocycles. The van der Waals surface area contributed by atoms with Gasteiger partial charge in [0, 0.05) is 6.54 Å². The Kier molecular flexibility index (Phi) is 4.57. The van der Waals surface area contributed by atoms with Crippen molar-refractivity contribution in [2.24, 2.45) is 11.3 Å². The van der Waals surface area contributed by atoms with Crippen LogP contribution in [0.5, 0.6) is 0 Å². The van der Waals surface area contributed by atoms with Gasteiger partial charge in [-0.25, -0.2) is 0 Å². The van der Waals surface area contributed by atoms with Gasteiger partial charge in [-0.15, -0.1) is 0 Å². The molecule has 1 heterocycles. The highest BCUT2D eigenvalue weighted by Gasteiger charge is 2.31. The number of likely N-dealkylation sites (tertiary alicyclic amines) is 1. The zero-order valence-corrected chi connectivity index (χ0v) is 12.0. The van der Waals surface area contributed by atoms with Crippen molar-refractivity contribution in [3.05, 3.63) is 0 Å². The zero-order valence-electron chi connectivity index (χ0n) is 12.0. The van der Waals surface area contributed by atoms with Gasteiger partial charge in [0.1, 0.15) is 5.54 Å². The van der Waals surface area contributed by atoms with E-state index in [1.807, 2.05) is 14.0 Å². The number of piperidine rings is 1. The van der Waals surface area contributed by atoms with E-state index in [0.29, 0.717) is 5.41 Å². The van der Waals surface area contributed by atoms with Crippen LogP contribution in [0.1, 0.15) is 40.5 Å². The Hall–Kier alpha value is -0.590. The van der Waals surface area contributed by atoms with Gasteiger partial charge in [0.25, 0.3) is 0 Å². The van der Waals surface area contributed by atoms with E-state index in [-0.39, 0.29) is 0 Å². The van der Waals surface area contributed by atoms with Crippen LogP contribution in [-0.2, 0) is 0 Å². The molecule has 1 atom stereocenters. The fourth-order valence-corrected chi connectivity index (χ4v) is 2.57. The second kappa shape index (κ2) is 5.37. The van der Waals surface area contributed by atoms with Crippen LogP contribution in [0, 0.1) is 22.7 Å². The van der Waals surface area contributed by atoms with Crippen LogP contribution in [0.3, 0.4) is 0 Å². The number of nitrogens with zero attached hydrogens (tertiary/aromatic N) is 2. The molecule has 0 aromatic carbocycles. The van der Waals surface area contributed by atoms with Crippen LogP contribution in [0.4, 0.5) is 0 Å². The Labute approximate surface area is 106 Å². The molecule has 0 aromatic rings. The van der Waals surface area contributed by atoms with Crippen LogP contribution < -0.4 is 5.32 Å². The van der Waals surface area contributed by atoms with Gasteiger partial charge in [0.2, 0.25) is 0 Å². The van der Waals surface area contributed by atoms with Crippen molar-refractivity contribution >= 4 is 0 Å². The van der Waals surface area contributed by atoms with E-state index >= 15 is 0 Å². The van der Waals surface area contributed by atoms with Crippen molar-refractivity contribution in [1.29, 1.82) is 5.26 Å². The molecule has 0 aromatic heterocycles. The van der Waals surface area contributed by atoms with Crippen molar-refractivity contribution in [1.82, 2.24) is 10.2 Å². The Morgan fingerprint density at radius 1 is 1.24 bits per heavy atom. The van der Waals surface area contributed by atoms with E-state index in [4.69, 9.17) is 5.26 Å². The van der Waals surface area contributed by atoms with E-state index in [1.54, 1.807) is 0 Å². The van der Waals surface area contributed by atoms with Gasteiger partial charge in [-0.2, -0.15) is 5.26 Å². The number of likely N-dealkylation sites (N-methyl/N-ethyl adjacent to an activating group) is 1. The Bertz CT molecular complexity index is 279. The predicted octanol–water partition coefficient (Wildman–Crippen LogP) is 2.25. The van der Waals surface area contributed by atoms with Crippen molar-refractivity contribution in [3.63, 3.8) is 0 Å². The molecule has 0 aliphatic carbocycles. The summed E-state index contributed by atoms with van der Waals surface area (Å²) in [5.74, 6) is 0.821. The van der Waals surface area contributed by atoms with Crippen LogP contribution in [0.15, 0.2) is 0 Å². The standard InChI is InChI=1S/C14H27N3/c1-13(2,3)12-6-8-17(9-7-12)11-14(4,10-15)16-5/h12,16H,6-9,11H2,1-5H3. The van der Waals surface area contributed by atoms with Gasteiger partial charge >= 0.3 is 0 Å². The molecule has 1 N–H and O–H groups in total. The topological polar surface area (TPSA) is 39.1 Å². The van der Waals surface area contributed by atoms with Crippen molar-refractivity contribution in [2.75, 3.05) is 26.7 Å². The van der Waals surface area contributed by atoms with Gasteiger partial charge < -0.3 is 10.2 Å². The number of hydrogen-bond acceptors (Lipinski definition) is 3. The third-order valence-electron chi connectivity index (χ3n) is 4.15. The zero-order chi connectivity index (χ0) is 13.1. The summed E-state index contributed by atoms with van der Waals surface area (Å²) < 4.78 is 0. The maximum Gasteiger partial charge on any atom is 0.116 e. The fraction of sp³-hybridized carbons (Fsp3) is 0.929. The number of hydrogen-bond donors (Lipinski definition) is 1. The maximum absolute atomic E-state index is 9.16. The van der Waals surface area contributed by atoms with Crippen LogP contribution >= 0.6 is 0 Å². The molecule has 0 saturated carbocycles. The highest BCUT2D eigenvalue weighted by Crippen LogP contribution is 2.34. The first-order valence-electron chi connectivity index (χ1n) is 6.63. The van der Waals surface area contributed by atoms with Gasteiger partial charge in [0.05, 0.1) is 6.07 Å². The Morgan fingerprint density at radius 2 is 1.76 bits per heavy atom.